The molecule has 0 unspecified atom stereocenters. The zero-order valence-corrected chi connectivity index (χ0v) is 9.52. The molecular formula is C9H19NO2S. The van der Waals surface area contributed by atoms with Gasteiger partial charge in [-0.05, 0) is 20.1 Å². The van der Waals surface area contributed by atoms with Crippen molar-refractivity contribution < 1.29 is 9.53 Å². The van der Waals surface area contributed by atoms with Gasteiger partial charge in [-0.2, -0.15) is 11.8 Å². The molecule has 0 spiro atoms. The molecule has 4 heteroatoms. The lowest BCUT2D eigenvalue weighted by molar-refractivity contribution is -0.135. The lowest BCUT2D eigenvalue weighted by Gasteiger charge is -2.18. The minimum Gasteiger partial charge on any atom is -0.371 e. The Kier molecular flexibility index (Phi) is 8.24. The van der Waals surface area contributed by atoms with Crippen molar-refractivity contribution in [3.63, 3.8) is 0 Å². The average molecular weight is 205 g/mol. The molecule has 0 aliphatic heterocycles. The van der Waals surface area contributed by atoms with Gasteiger partial charge in [-0.25, -0.2) is 0 Å². The van der Waals surface area contributed by atoms with Gasteiger partial charge in [0.1, 0.15) is 6.61 Å². The minimum absolute atomic E-state index is 0.0890. The van der Waals surface area contributed by atoms with E-state index in [1.54, 1.807) is 16.7 Å². The molecular weight excluding hydrogens is 186 g/mol. The molecule has 0 bridgehead atoms. The molecule has 0 saturated carbocycles. The van der Waals surface area contributed by atoms with Crippen molar-refractivity contribution in [1.82, 2.24) is 4.90 Å². The summed E-state index contributed by atoms with van der Waals surface area (Å²) in [4.78, 5) is 13.1. The predicted molar refractivity (Wildman–Crippen MR) is 57.1 cm³/mol. The van der Waals surface area contributed by atoms with Gasteiger partial charge in [-0.1, -0.05) is 0 Å². The standard InChI is InChI=1S/C9H19NO2S/c1-4-10(5-2)9(11)8-12-6-7-13-3/h4-8H2,1-3H3. The zero-order valence-electron chi connectivity index (χ0n) is 8.71. The van der Waals surface area contributed by atoms with Gasteiger partial charge in [0.2, 0.25) is 5.91 Å². The molecule has 0 aromatic carbocycles. The van der Waals surface area contributed by atoms with Crippen LogP contribution >= 0.6 is 11.8 Å². The van der Waals surface area contributed by atoms with Crippen LogP contribution in [0.4, 0.5) is 0 Å². The summed E-state index contributed by atoms with van der Waals surface area (Å²) in [5.74, 6) is 1.04. The van der Waals surface area contributed by atoms with E-state index in [1.165, 1.54) is 0 Å². The number of carbonyl (C=O) groups is 1. The molecule has 0 saturated heterocycles. The summed E-state index contributed by atoms with van der Waals surface area (Å²) in [5.41, 5.74) is 0. The van der Waals surface area contributed by atoms with E-state index in [9.17, 15) is 4.79 Å². The van der Waals surface area contributed by atoms with Crippen LogP contribution in [0, 0.1) is 0 Å². The number of hydrogen-bond acceptors (Lipinski definition) is 3. The maximum Gasteiger partial charge on any atom is 0.248 e. The average Bonchev–Trinajstić information content (AvgIpc) is 2.14. The van der Waals surface area contributed by atoms with E-state index in [4.69, 9.17) is 4.74 Å². The predicted octanol–water partition coefficient (Wildman–Crippen LogP) is 1.23. The topological polar surface area (TPSA) is 29.5 Å². The van der Waals surface area contributed by atoms with Gasteiger partial charge in [-0.3, -0.25) is 4.79 Å². The smallest absolute Gasteiger partial charge is 0.248 e. The Morgan fingerprint density at radius 1 is 1.38 bits per heavy atom. The van der Waals surface area contributed by atoms with Crippen molar-refractivity contribution in [1.29, 1.82) is 0 Å². The molecule has 0 aromatic rings. The number of likely N-dealkylation sites (N-methyl/N-ethyl adjacent to an activating group) is 1. The molecule has 3 nitrogen and oxygen atoms in total. The molecule has 0 N–H and O–H groups in total. The Morgan fingerprint density at radius 3 is 2.46 bits per heavy atom. The molecule has 0 aliphatic carbocycles. The fraction of sp³-hybridized carbons (Fsp3) is 0.889. The molecule has 0 radical (unpaired) electrons. The number of thioether (sulfide) groups is 1. The summed E-state index contributed by atoms with van der Waals surface area (Å²) < 4.78 is 5.21. The highest BCUT2D eigenvalue weighted by molar-refractivity contribution is 7.98. The highest BCUT2D eigenvalue weighted by Gasteiger charge is 2.08. The van der Waals surface area contributed by atoms with E-state index >= 15 is 0 Å². The third-order valence-corrected chi connectivity index (χ3v) is 2.35. The summed E-state index contributed by atoms with van der Waals surface area (Å²) in [5, 5.41) is 0. The number of carbonyl (C=O) groups excluding carboxylic acids is 1. The first-order valence-electron chi connectivity index (χ1n) is 4.60. The first kappa shape index (κ1) is 12.8. The van der Waals surface area contributed by atoms with Gasteiger partial charge in [0, 0.05) is 18.8 Å². The van der Waals surface area contributed by atoms with Gasteiger partial charge in [-0.15, -0.1) is 0 Å². The number of hydrogen-bond donors (Lipinski definition) is 0. The molecule has 0 aliphatic rings. The van der Waals surface area contributed by atoms with Gasteiger partial charge < -0.3 is 9.64 Å². The van der Waals surface area contributed by atoms with Crippen LogP contribution < -0.4 is 0 Å². The summed E-state index contributed by atoms with van der Waals surface area (Å²) in [7, 11) is 0. The SMILES string of the molecule is CCN(CC)C(=O)COCCSC. The highest BCUT2D eigenvalue weighted by Crippen LogP contribution is 1.93. The molecule has 78 valence electrons. The van der Waals surface area contributed by atoms with Crippen LogP contribution in [0.15, 0.2) is 0 Å². The van der Waals surface area contributed by atoms with Gasteiger partial charge >= 0.3 is 0 Å². The van der Waals surface area contributed by atoms with Crippen molar-refractivity contribution in [3.8, 4) is 0 Å². The Balaban J connectivity index is 3.48. The van der Waals surface area contributed by atoms with Crippen LogP contribution in [-0.4, -0.2) is 49.1 Å². The third-order valence-electron chi connectivity index (χ3n) is 1.77. The van der Waals surface area contributed by atoms with E-state index < -0.39 is 0 Å². The fourth-order valence-corrected chi connectivity index (χ4v) is 1.25. The summed E-state index contributed by atoms with van der Waals surface area (Å²) >= 11 is 1.72. The second-order valence-electron chi connectivity index (χ2n) is 2.61. The maximum atomic E-state index is 11.4. The van der Waals surface area contributed by atoms with E-state index in [1.807, 2.05) is 20.1 Å². The molecule has 0 fully saturated rings. The van der Waals surface area contributed by atoms with Crippen LogP contribution in [0.2, 0.25) is 0 Å². The first-order chi connectivity index (χ1) is 6.26. The molecule has 13 heavy (non-hydrogen) atoms. The monoisotopic (exact) mass is 205 g/mol. The maximum absolute atomic E-state index is 11.4. The fourth-order valence-electron chi connectivity index (χ4n) is 0.969. The number of ether oxygens (including phenoxy) is 1. The largest absolute Gasteiger partial charge is 0.371 e. The highest BCUT2D eigenvalue weighted by atomic mass is 32.2. The third kappa shape index (κ3) is 5.93. The van der Waals surface area contributed by atoms with Crippen molar-refractivity contribution in [2.45, 2.75) is 13.8 Å². The van der Waals surface area contributed by atoms with Crippen LogP contribution in [0.25, 0.3) is 0 Å². The normalized spacial score (nSPS) is 10.1. The van der Waals surface area contributed by atoms with Gasteiger partial charge in [0.05, 0.1) is 6.61 Å². The van der Waals surface area contributed by atoms with Crippen molar-refractivity contribution in [2.24, 2.45) is 0 Å². The molecule has 1 amide bonds. The van der Waals surface area contributed by atoms with E-state index in [-0.39, 0.29) is 12.5 Å². The Bertz CT molecular complexity index is 138. The second kappa shape index (κ2) is 8.38. The van der Waals surface area contributed by atoms with Crippen molar-refractivity contribution >= 4 is 17.7 Å². The number of nitrogens with zero attached hydrogens (tertiary/aromatic N) is 1. The quantitative estimate of drug-likeness (QED) is 0.586. The Labute approximate surface area is 84.8 Å². The van der Waals surface area contributed by atoms with Gasteiger partial charge in [0.25, 0.3) is 0 Å². The van der Waals surface area contributed by atoms with Crippen molar-refractivity contribution in [2.75, 3.05) is 38.3 Å². The lowest BCUT2D eigenvalue weighted by Crippen LogP contribution is -2.33. The van der Waals surface area contributed by atoms with Crippen molar-refractivity contribution in [3.05, 3.63) is 0 Å². The Morgan fingerprint density at radius 2 is 2.00 bits per heavy atom. The molecule has 0 aromatic heterocycles. The summed E-state index contributed by atoms with van der Waals surface area (Å²) in [6.45, 7) is 6.37. The van der Waals surface area contributed by atoms with Crippen LogP contribution in [0.5, 0.6) is 0 Å². The number of rotatable bonds is 7. The molecule has 0 heterocycles. The summed E-state index contributed by atoms with van der Waals surface area (Å²) in [6.07, 6.45) is 2.02. The van der Waals surface area contributed by atoms with Crippen LogP contribution in [-0.2, 0) is 9.53 Å². The zero-order chi connectivity index (χ0) is 10.1. The number of amides is 1. The molecule has 0 rings (SSSR count). The molecule has 0 atom stereocenters. The first-order valence-corrected chi connectivity index (χ1v) is 6.00. The van der Waals surface area contributed by atoms with Crippen LogP contribution in [0.1, 0.15) is 13.8 Å². The second-order valence-corrected chi connectivity index (χ2v) is 3.60. The Hall–Kier alpha value is -0.220. The van der Waals surface area contributed by atoms with E-state index in [0.717, 1.165) is 18.8 Å². The van der Waals surface area contributed by atoms with Crippen LogP contribution in [0.3, 0.4) is 0 Å². The van der Waals surface area contributed by atoms with E-state index in [0.29, 0.717) is 6.61 Å². The van der Waals surface area contributed by atoms with E-state index in [2.05, 4.69) is 0 Å². The van der Waals surface area contributed by atoms with Gasteiger partial charge in [0.15, 0.2) is 0 Å². The lowest BCUT2D eigenvalue weighted by atomic mass is 10.5. The summed E-state index contributed by atoms with van der Waals surface area (Å²) in [6, 6.07) is 0. The minimum atomic E-state index is 0.0890.